The fraction of sp³-hybridized carbons (Fsp3) is 0.833. The van der Waals surface area contributed by atoms with Gasteiger partial charge < -0.3 is 10.5 Å². The number of hydrogen-bond acceptors (Lipinski definition) is 2. The molecule has 2 aliphatic rings. The first-order chi connectivity index (χ1) is 6.77. The van der Waals surface area contributed by atoms with Gasteiger partial charge in [-0.3, -0.25) is 0 Å². The Morgan fingerprint density at radius 2 is 2.14 bits per heavy atom. The lowest BCUT2D eigenvalue weighted by molar-refractivity contribution is 0.0970. The summed E-state index contributed by atoms with van der Waals surface area (Å²) in [6.07, 6.45) is 9.73. The van der Waals surface area contributed by atoms with Crippen LogP contribution in [-0.4, -0.2) is 18.8 Å². The number of hydrogen-bond donors (Lipinski definition) is 1. The minimum absolute atomic E-state index is 0.345. The van der Waals surface area contributed by atoms with E-state index in [1.54, 1.807) is 0 Å². The molecule has 2 rings (SSSR count). The largest absolute Gasteiger partial charge is 0.378 e. The number of allylic oxidation sites excluding steroid dienone is 2. The Labute approximate surface area is 86.5 Å². The third kappa shape index (κ3) is 2.18. The third-order valence-corrected chi connectivity index (χ3v) is 3.70. The van der Waals surface area contributed by atoms with E-state index in [4.69, 9.17) is 10.5 Å². The molecule has 0 aromatic carbocycles. The van der Waals surface area contributed by atoms with Crippen molar-refractivity contribution in [2.24, 2.45) is 17.6 Å². The van der Waals surface area contributed by atoms with Gasteiger partial charge in [0.2, 0.25) is 0 Å². The average Bonchev–Trinajstić information content (AvgIpc) is 2.75. The summed E-state index contributed by atoms with van der Waals surface area (Å²) < 4.78 is 5.56. The zero-order chi connectivity index (χ0) is 9.97. The van der Waals surface area contributed by atoms with E-state index in [9.17, 15) is 0 Å². The van der Waals surface area contributed by atoms with Crippen molar-refractivity contribution in [3.63, 3.8) is 0 Å². The molecule has 0 saturated carbocycles. The summed E-state index contributed by atoms with van der Waals surface area (Å²) in [7, 11) is 0. The van der Waals surface area contributed by atoms with E-state index in [1.807, 2.05) is 0 Å². The van der Waals surface area contributed by atoms with Crippen molar-refractivity contribution in [3.05, 3.63) is 12.2 Å². The summed E-state index contributed by atoms with van der Waals surface area (Å²) in [5, 5.41) is 0. The van der Waals surface area contributed by atoms with Gasteiger partial charge in [-0.05, 0) is 38.5 Å². The van der Waals surface area contributed by atoms with E-state index in [0.717, 1.165) is 18.9 Å². The summed E-state index contributed by atoms with van der Waals surface area (Å²) in [5.41, 5.74) is 6.24. The first kappa shape index (κ1) is 10.2. The standard InChI is InChI=1S/C12H21NO/c1-9-11(6-7-14-9)12(13)8-10-4-2-3-5-10/h2-3,9-12H,4-8,13H2,1H3. The van der Waals surface area contributed by atoms with E-state index >= 15 is 0 Å². The quantitative estimate of drug-likeness (QED) is 0.700. The molecule has 3 unspecified atom stereocenters. The SMILES string of the molecule is CC1OCCC1C(N)CC1CC=CC1. The van der Waals surface area contributed by atoms with Crippen molar-refractivity contribution >= 4 is 0 Å². The van der Waals surface area contributed by atoms with E-state index in [2.05, 4.69) is 19.1 Å². The van der Waals surface area contributed by atoms with Crippen LogP contribution in [0, 0.1) is 11.8 Å². The molecule has 80 valence electrons. The molecule has 2 N–H and O–H groups in total. The predicted molar refractivity (Wildman–Crippen MR) is 58.0 cm³/mol. The highest BCUT2D eigenvalue weighted by Gasteiger charge is 2.30. The number of nitrogens with two attached hydrogens (primary N) is 1. The second-order valence-corrected chi connectivity index (χ2v) is 4.74. The lowest BCUT2D eigenvalue weighted by atomic mass is 9.86. The van der Waals surface area contributed by atoms with Gasteiger partial charge in [0.15, 0.2) is 0 Å². The molecule has 1 fully saturated rings. The zero-order valence-electron chi connectivity index (χ0n) is 8.99. The maximum Gasteiger partial charge on any atom is 0.0590 e. The highest BCUT2D eigenvalue weighted by Crippen LogP contribution is 2.29. The Balaban J connectivity index is 1.79. The van der Waals surface area contributed by atoms with Crippen LogP contribution in [-0.2, 0) is 4.74 Å². The summed E-state index contributed by atoms with van der Waals surface area (Å²) in [4.78, 5) is 0. The van der Waals surface area contributed by atoms with Crippen molar-refractivity contribution in [2.45, 2.75) is 44.8 Å². The first-order valence-corrected chi connectivity index (χ1v) is 5.79. The summed E-state index contributed by atoms with van der Waals surface area (Å²) in [5.74, 6) is 1.40. The minimum atomic E-state index is 0.345. The molecule has 1 aliphatic carbocycles. The maximum atomic E-state index is 6.24. The summed E-state index contributed by atoms with van der Waals surface area (Å²) in [6, 6.07) is 0.345. The molecule has 0 spiro atoms. The smallest absolute Gasteiger partial charge is 0.0590 e. The van der Waals surface area contributed by atoms with Gasteiger partial charge in [-0.2, -0.15) is 0 Å². The molecular weight excluding hydrogens is 174 g/mol. The summed E-state index contributed by atoms with van der Waals surface area (Å²) in [6.45, 7) is 3.06. The Morgan fingerprint density at radius 1 is 1.43 bits per heavy atom. The predicted octanol–water partition coefficient (Wildman–Crippen LogP) is 2.10. The molecule has 0 radical (unpaired) electrons. The summed E-state index contributed by atoms with van der Waals surface area (Å²) >= 11 is 0. The first-order valence-electron chi connectivity index (χ1n) is 5.79. The molecule has 3 atom stereocenters. The topological polar surface area (TPSA) is 35.2 Å². The lowest BCUT2D eigenvalue weighted by Crippen LogP contribution is -2.35. The highest BCUT2D eigenvalue weighted by molar-refractivity contribution is 4.96. The molecule has 1 saturated heterocycles. The van der Waals surface area contributed by atoms with E-state index in [1.165, 1.54) is 19.3 Å². The van der Waals surface area contributed by atoms with Crippen LogP contribution in [0.4, 0.5) is 0 Å². The van der Waals surface area contributed by atoms with Gasteiger partial charge in [-0.1, -0.05) is 12.2 Å². The van der Waals surface area contributed by atoms with Gasteiger partial charge in [-0.15, -0.1) is 0 Å². The number of rotatable bonds is 3. The monoisotopic (exact) mass is 195 g/mol. The molecule has 14 heavy (non-hydrogen) atoms. The van der Waals surface area contributed by atoms with Crippen molar-refractivity contribution in [3.8, 4) is 0 Å². The molecule has 0 bridgehead atoms. The van der Waals surface area contributed by atoms with Crippen molar-refractivity contribution in [1.82, 2.24) is 0 Å². The number of ether oxygens (including phenoxy) is 1. The van der Waals surface area contributed by atoms with Crippen LogP contribution in [0.2, 0.25) is 0 Å². The Bertz CT molecular complexity index is 206. The van der Waals surface area contributed by atoms with Crippen LogP contribution in [0.25, 0.3) is 0 Å². The Hall–Kier alpha value is -0.340. The lowest BCUT2D eigenvalue weighted by Gasteiger charge is -2.24. The van der Waals surface area contributed by atoms with E-state index < -0.39 is 0 Å². The molecular formula is C12H21NO. The van der Waals surface area contributed by atoms with Gasteiger partial charge in [0.1, 0.15) is 0 Å². The van der Waals surface area contributed by atoms with Crippen molar-refractivity contribution < 1.29 is 4.74 Å². The fourth-order valence-electron chi connectivity index (χ4n) is 2.74. The second-order valence-electron chi connectivity index (χ2n) is 4.74. The Morgan fingerprint density at radius 3 is 2.71 bits per heavy atom. The molecule has 0 aromatic heterocycles. The van der Waals surface area contributed by atoms with Gasteiger partial charge in [0.25, 0.3) is 0 Å². The van der Waals surface area contributed by atoms with Crippen LogP contribution < -0.4 is 5.73 Å². The van der Waals surface area contributed by atoms with Gasteiger partial charge in [0, 0.05) is 18.6 Å². The van der Waals surface area contributed by atoms with Crippen LogP contribution in [0.15, 0.2) is 12.2 Å². The minimum Gasteiger partial charge on any atom is -0.378 e. The Kier molecular flexibility index (Phi) is 3.24. The average molecular weight is 195 g/mol. The second kappa shape index (κ2) is 4.45. The highest BCUT2D eigenvalue weighted by atomic mass is 16.5. The van der Waals surface area contributed by atoms with E-state index in [0.29, 0.717) is 18.1 Å². The van der Waals surface area contributed by atoms with Gasteiger partial charge in [-0.25, -0.2) is 0 Å². The molecule has 1 heterocycles. The van der Waals surface area contributed by atoms with Crippen LogP contribution in [0.3, 0.4) is 0 Å². The zero-order valence-corrected chi connectivity index (χ0v) is 8.99. The maximum absolute atomic E-state index is 6.24. The van der Waals surface area contributed by atoms with Gasteiger partial charge in [0.05, 0.1) is 6.10 Å². The fourth-order valence-corrected chi connectivity index (χ4v) is 2.74. The molecule has 2 heteroatoms. The van der Waals surface area contributed by atoms with Crippen molar-refractivity contribution in [1.29, 1.82) is 0 Å². The normalized spacial score (nSPS) is 35.3. The molecule has 0 amide bonds. The van der Waals surface area contributed by atoms with Crippen molar-refractivity contribution in [2.75, 3.05) is 6.61 Å². The molecule has 0 aromatic rings. The third-order valence-electron chi connectivity index (χ3n) is 3.70. The van der Waals surface area contributed by atoms with Crippen LogP contribution in [0.1, 0.15) is 32.6 Å². The van der Waals surface area contributed by atoms with Crippen LogP contribution >= 0.6 is 0 Å². The van der Waals surface area contributed by atoms with Gasteiger partial charge >= 0.3 is 0 Å². The molecule has 1 aliphatic heterocycles. The van der Waals surface area contributed by atoms with E-state index in [-0.39, 0.29) is 0 Å². The van der Waals surface area contributed by atoms with Crippen LogP contribution in [0.5, 0.6) is 0 Å². The molecule has 2 nitrogen and oxygen atoms in total.